The molecule has 3 rings (SSSR count). The van der Waals surface area contributed by atoms with Crippen molar-refractivity contribution in [2.24, 2.45) is 0 Å². The molecule has 0 unspecified atom stereocenters. The fraction of sp³-hybridized carbons (Fsp3) is 0. The van der Waals surface area contributed by atoms with E-state index >= 15 is 0 Å². The predicted molar refractivity (Wildman–Crippen MR) is 71.8 cm³/mol. The van der Waals surface area contributed by atoms with E-state index in [1.54, 1.807) is 24.7 Å². The average molecular weight is 255 g/mol. The molecule has 2 heterocycles. The summed E-state index contributed by atoms with van der Waals surface area (Å²) in [7, 11) is 0. The van der Waals surface area contributed by atoms with Crippen molar-refractivity contribution in [3.05, 3.63) is 53.8 Å². The summed E-state index contributed by atoms with van der Waals surface area (Å²) >= 11 is 1.40. The van der Waals surface area contributed by atoms with Gasteiger partial charge in [0.05, 0.1) is 0 Å². The predicted octanol–water partition coefficient (Wildman–Crippen LogP) is 2.94. The van der Waals surface area contributed by atoms with Crippen molar-refractivity contribution in [3.8, 4) is 0 Å². The summed E-state index contributed by atoms with van der Waals surface area (Å²) < 4.78 is 0. The Morgan fingerprint density at radius 2 is 2.11 bits per heavy atom. The largest absolute Gasteiger partial charge is 0.298 e. The Hall–Kier alpha value is -2.27. The van der Waals surface area contributed by atoms with Crippen LogP contribution >= 0.6 is 11.3 Å². The fourth-order valence-electron chi connectivity index (χ4n) is 1.68. The summed E-state index contributed by atoms with van der Waals surface area (Å²) in [5, 5.41) is 7.20. The van der Waals surface area contributed by atoms with Gasteiger partial charge in [0.25, 0.3) is 5.91 Å². The SMILES string of the molecule is O=C(Nc1nccs1)c1ccc2cnccc2c1. The molecule has 5 heteroatoms. The first-order valence-electron chi connectivity index (χ1n) is 5.37. The minimum atomic E-state index is -0.149. The molecule has 0 radical (unpaired) electrons. The summed E-state index contributed by atoms with van der Waals surface area (Å²) in [5.41, 5.74) is 0.615. The van der Waals surface area contributed by atoms with Crippen molar-refractivity contribution in [1.82, 2.24) is 9.97 Å². The number of anilines is 1. The number of carbonyl (C=O) groups excluding carboxylic acids is 1. The first-order chi connectivity index (χ1) is 8.83. The van der Waals surface area contributed by atoms with Crippen molar-refractivity contribution < 1.29 is 4.79 Å². The van der Waals surface area contributed by atoms with Crippen molar-refractivity contribution in [1.29, 1.82) is 0 Å². The van der Waals surface area contributed by atoms with E-state index in [2.05, 4.69) is 15.3 Å². The van der Waals surface area contributed by atoms with Crippen LogP contribution in [0.3, 0.4) is 0 Å². The number of pyridine rings is 1. The first kappa shape index (κ1) is 10.9. The Balaban J connectivity index is 1.92. The quantitative estimate of drug-likeness (QED) is 0.766. The highest BCUT2D eigenvalue weighted by atomic mass is 32.1. The average Bonchev–Trinajstić information content (AvgIpc) is 2.91. The highest BCUT2D eigenvalue weighted by molar-refractivity contribution is 7.13. The molecule has 0 saturated heterocycles. The van der Waals surface area contributed by atoms with E-state index in [1.807, 2.05) is 23.6 Å². The van der Waals surface area contributed by atoms with Gasteiger partial charge in [0.15, 0.2) is 5.13 Å². The van der Waals surface area contributed by atoms with Gasteiger partial charge in [0.2, 0.25) is 0 Å². The van der Waals surface area contributed by atoms with E-state index in [0.29, 0.717) is 10.7 Å². The van der Waals surface area contributed by atoms with Crippen molar-refractivity contribution >= 4 is 33.1 Å². The standard InChI is InChI=1S/C13H9N3OS/c17-12(16-13-15-5-6-18-13)10-1-2-11-8-14-4-3-9(11)7-10/h1-8H,(H,15,16,17). The van der Waals surface area contributed by atoms with Crippen LogP contribution in [-0.4, -0.2) is 15.9 Å². The van der Waals surface area contributed by atoms with Gasteiger partial charge in [0.1, 0.15) is 0 Å². The first-order valence-corrected chi connectivity index (χ1v) is 6.25. The molecule has 1 aromatic carbocycles. The molecular formula is C13H9N3OS. The lowest BCUT2D eigenvalue weighted by Gasteiger charge is -2.03. The number of aromatic nitrogens is 2. The third-order valence-electron chi connectivity index (χ3n) is 2.56. The van der Waals surface area contributed by atoms with Gasteiger partial charge in [-0.1, -0.05) is 6.07 Å². The van der Waals surface area contributed by atoms with E-state index in [-0.39, 0.29) is 5.91 Å². The van der Waals surface area contributed by atoms with Gasteiger partial charge in [-0.25, -0.2) is 4.98 Å². The monoisotopic (exact) mass is 255 g/mol. The molecule has 0 aliphatic rings. The lowest BCUT2D eigenvalue weighted by atomic mass is 10.1. The maximum atomic E-state index is 12.0. The number of benzene rings is 1. The fourth-order valence-corrected chi connectivity index (χ4v) is 2.20. The second-order valence-electron chi connectivity index (χ2n) is 3.73. The molecule has 0 aliphatic carbocycles. The van der Waals surface area contributed by atoms with Gasteiger partial charge in [-0.05, 0) is 23.6 Å². The Morgan fingerprint density at radius 3 is 2.94 bits per heavy atom. The molecule has 1 amide bonds. The van der Waals surface area contributed by atoms with E-state index in [0.717, 1.165) is 10.8 Å². The number of hydrogen-bond acceptors (Lipinski definition) is 4. The Morgan fingerprint density at radius 1 is 1.17 bits per heavy atom. The molecule has 0 fully saturated rings. The van der Waals surface area contributed by atoms with Crippen LogP contribution in [0.4, 0.5) is 5.13 Å². The lowest BCUT2D eigenvalue weighted by molar-refractivity contribution is 0.102. The van der Waals surface area contributed by atoms with Gasteiger partial charge in [-0.15, -0.1) is 11.3 Å². The van der Waals surface area contributed by atoms with Crippen LogP contribution in [-0.2, 0) is 0 Å². The molecule has 2 aromatic heterocycles. The normalized spacial score (nSPS) is 10.4. The molecule has 0 saturated carbocycles. The maximum Gasteiger partial charge on any atom is 0.257 e. The van der Waals surface area contributed by atoms with Crippen molar-refractivity contribution in [2.75, 3.05) is 5.32 Å². The highest BCUT2D eigenvalue weighted by Gasteiger charge is 2.07. The van der Waals surface area contributed by atoms with Crippen LogP contribution in [0.25, 0.3) is 10.8 Å². The molecule has 88 valence electrons. The third-order valence-corrected chi connectivity index (χ3v) is 3.24. The van der Waals surface area contributed by atoms with Gasteiger partial charge in [-0.3, -0.25) is 15.1 Å². The Bertz CT molecular complexity index is 694. The number of thiazole rings is 1. The van der Waals surface area contributed by atoms with Crippen LogP contribution in [0, 0.1) is 0 Å². The summed E-state index contributed by atoms with van der Waals surface area (Å²) in [4.78, 5) is 20.1. The highest BCUT2D eigenvalue weighted by Crippen LogP contribution is 2.17. The lowest BCUT2D eigenvalue weighted by Crippen LogP contribution is -2.11. The van der Waals surface area contributed by atoms with Crippen molar-refractivity contribution in [3.63, 3.8) is 0 Å². The Labute approximate surface area is 107 Å². The Kier molecular flexibility index (Phi) is 2.74. The van der Waals surface area contributed by atoms with E-state index < -0.39 is 0 Å². The number of rotatable bonds is 2. The van der Waals surface area contributed by atoms with Crippen LogP contribution in [0.15, 0.2) is 48.2 Å². The number of fused-ring (bicyclic) bond motifs is 1. The molecule has 3 aromatic rings. The molecule has 0 spiro atoms. The summed E-state index contributed by atoms with van der Waals surface area (Å²) in [6, 6.07) is 7.40. The molecular weight excluding hydrogens is 246 g/mol. The summed E-state index contributed by atoms with van der Waals surface area (Å²) in [6.07, 6.45) is 5.15. The smallest absolute Gasteiger partial charge is 0.257 e. The number of amides is 1. The summed E-state index contributed by atoms with van der Waals surface area (Å²) in [5.74, 6) is -0.149. The van der Waals surface area contributed by atoms with Crippen LogP contribution in [0.1, 0.15) is 10.4 Å². The zero-order valence-electron chi connectivity index (χ0n) is 9.33. The number of carbonyl (C=O) groups is 1. The van der Waals surface area contributed by atoms with Gasteiger partial charge < -0.3 is 0 Å². The minimum absolute atomic E-state index is 0.149. The van der Waals surface area contributed by atoms with Gasteiger partial charge in [0, 0.05) is 34.9 Å². The van der Waals surface area contributed by atoms with Crippen LogP contribution in [0.5, 0.6) is 0 Å². The van der Waals surface area contributed by atoms with E-state index in [9.17, 15) is 4.79 Å². The summed E-state index contributed by atoms with van der Waals surface area (Å²) in [6.45, 7) is 0. The zero-order chi connectivity index (χ0) is 12.4. The van der Waals surface area contributed by atoms with Crippen LogP contribution in [0.2, 0.25) is 0 Å². The van der Waals surface area contributed by atoms with E-state index in [4.69, 9.17) is 0 Å². The van der Waals surface area contributed by atoms with Gasteiger partial charge in [-0.2, -0.15) is 0 Å². The molecule has 18 heavy (non-hydrogen) atoms. The molecule has 0 bridgehead atoms. The molecule has 0 atom stereocenters. The third kappa shape index (κ3) is 2.08. The number of nitrogens with one attached hydrogen (secondary N) is 1. The topological polar surface area (TPSA) is 54.9 Å². The maximum absolute atomic E-state index is 12.0. The molecule has 1 N–H and O–H groups in total. The van der Waals surface area contributed by atoms with Crippen molar-refractivity contribution in [2.45, 2.75) is 0 Å². The minimum Gasteiger partial charge on any atom is -0.298 e. The number of nitrogens with zero attached hydrogens (tertiary/aromatic N) is 2. The van der Waals surface area contributed by atoms with Crippen LogP contribution < -0.4 is 5.32 Å². The number of hydrogen-bond donors (Lipinski definition) is 1. The van der Waals surface area contributed by atoms with Gasteiger partial charge >= 0.3 is 0 Å². The molecule has 0 aliphatic heterocycles. The van der Waals surface area contributed by atoms with E-state index in [1.165, 1.54) is 11.3 Å². The zero-order valence-corrected chi connectivity index (χ0v) is 10.1. The second kappa shape index (κ2) is 4.54. The molecule has 4 nitrogen and oxygen atoms in total. The second-order valence-corrected chi connectivity index (χ2v) is 4.62.